The summed E-state index contributed by atoms with van der Waals surface area (Å²) in [6.07, 6.45) is 6.44. The lowest BCUT2D eigenvalue weighted by molar-refractivity contribution is 0.121. The first-order valence-corrected chi connectivity index (χ1v) is 8.19. The van der Waals surface area contributed by atoms with Gasteiger partial charge in [0.15, 0.2) is 0 Å². The minimum absolute atomic E-state index is 0.0336. The third-order valence-corrected chi connectivity index (χ3v) is 5.56. The molecule has 0 radical (unpaired) electrons. The van der Waals surface area contributed by atoms with E-state index in [4.69, 9.17) is 10.5 Å². The van der Waals surface area contributed by atoms with Gasteiger partial charge in [-0.25, -0.2) is 4.79 Å². The van der Waals surface area contributed by atoms with Gasteiger partial charge in [0.25, 0.3) is 0 Å². The zero-order valence-electron chi connectivity index (χ0n) is 13.4. The van der Waals surface area contributed by atoms with Crippen molar-refractivity contribution in [3.8, 4) is 5.75 Å². The average Bonchev–Trinajstić information content (AvgIpc) is 2.52. The summed E-state index contributed by atoms with van der Waals surface area (Å²) in [5.41, 5.74) is 9.22. The predicted octanol–water partition coefficient (Wildman–Crippen LogP) is 3.55. The molecule has 1 aromatic rings. The highest BCUT2D eigenvalue weighted by atomic mass is 16.7. The summed E-state index contributed by atoms with van der Waals surface area (Å²) in [6, 6.07) is 6.11. The number of ether oxygens (including phenoxy) is 2. The van der Waals surface area contributed by atoms with Crippen molar-refractivity contribution in [2.75, 3.05) is 7.11 Å². The van der Waals surface area contributed by atoms with Crippen LogP contribution in [0.3, 0.4) is 0 Å². The third kappa shape index (κ3) is 2.60. The minimum Gasteiger partial charge on any atom is -0.437 e. The molecule has 0 spiro atoms. The molecule has 0 heterocycles. The maximum absolute atomic E-state index is 11.3. The highest BCUT2D eigenvalue weighted by molar-refractivity contribution is 5.64. The lowest BCUT2D eigenvalue weighted by Gasteiger charge is -2.47. The molecule has 2 aliphatic carbocycles. The number of nitrogens with two attached hydrogens (primary N) is 1. The van der Waals surface area contributed by atoms with Gasteiger partial charge in [-0.15, -0.1) is 0 Å². The van der Waals surface area contributed by atoms with Crippen LogP contribution in [0.1, 0.15) is 50.2 Å². The highest BCUT2D eigenvalue weighted by Crippen LogP contribution is 2.46. The molecule has 4 nitrogen and oxygen atoms in total. The largest absolute Gasteiger partial charge is 0.513 e. The number of carbonyl (C=O) groups is 1. The van der Waals surface area contributed by atoms with Gasteiger partial charge in [-0.05, 0) is 48.4 Å². The van der Waals surface area contributed by atoms with Crippen molar-refractivity contribution in [1.29, 1.82) is 0 Å². The topological polar surface area (TPSA) is 61.5 Å². The van der Waals surface area contributed by atoms with Gasteiger partial charge < -0.3 is 15.2 Å². The first-order chi connectivity index (χ1) is 10.5. The molecule has 0 amide bonds. The highest BCUT2D eigenvalue weighted by Gasteiger charge is 2.43. The van der Waals surface area contributed by atoms with Gasteiger partial charge in [0.1, 0.15) is 5.75 Å². The summed E-state index contributed by atoms with van der Waals surface area (Å²) in [6.45, 7) is 2.27. The molecule has 2 aliphatic rings. The van der Waals surface area contributed by atoms with Crippen molar-refractivity contribution < 1.29 is 14.3 Å². The molecule has 4 heteroatoms. The minimum atomic E-state index is -0.680. The van der Waals surface area contributed by atoms with Gasteiger partial charge in [-0.3, -0.25) is 0 Å². The Hall–Kier alpha value is -1.55. The summed E-state index contributed by atoms with van der Waals surface area (Å²) >= 11 is 0. The van der Waals surface area contributed by atoms with Gasteiger partial charge in [-0.2, -0.15) is 0 Å². The van der Waals surface area contributed by atoms with Crippen LogP contribution >= 0.6 is 0 Å². The Kier molecular flexibility index (Phi) is 4.13. The van der Waals surface area contributed by atoms with Crippen molar-refractivity contribution in [2.24, 2.45) is 11.7 Å². The molecule has 3 rings (SSSR count). The molecular formula is C18H25NO3. The average molecular weight is 303 g/mol. The van der Waals surface area contributed by atoms with Crippen molar-refractivity contribution in [2.45, 2.75) is 56.9 Å². The molecule has 0 aromatic heterocycles. The van der Waals surface area contributed by atoms with E-state index in [9.17, 15) is 4.79 Å². The van der Waals surface area contributed by atoms with Crippen molar-refractivity contribution in [3.05, 3.63) is 29.3 Å². The third-order valence-electron chi connectivity index (χ3n) is 5.56. The molecule has 1 saturated carbocycles. The molecular weight excluding hydrogens is 278 g/mol. The summed E-state index contributed by atoms with van der Waals surface area (Å²) in [4.78, 5) is 11.3. The SMILES string of the molecule is COC(=O)Oc1ccc2c(c1)[C@@]1(C)CCCCC[C@@H](C2)[C@@H]1N. The van der Waals surface area contributed by atoms with Crippen LogP contribution in [0.4, 0.5) is 4.79 Å². The number of hydrogen-bond acceptors (Lipinski definition) is 4. The molecule has 2 bridgehead atoms. The second kappa shape index (κ2) is 5.92. The van der Waals surface area contributed by atoms with Gasteiger partial charge >= 0.3 is 6.16 Å². The van der Waals surface area contributed by atoms with Crippen molar-refractivity contribution >= 4 is 6.16 Å². The number of methoxy groups -OCH3 is 1. The Morgan fingerprint density at radius 2 is 2.14 bits per heavy atom. The summed E-state index contributed by atoms with van der Waals surface area (Å²) in [7, 11) is 1.32. The smallest absolute Gasteiger partial charge is 0.437 e. The number of benzene rings is 1. The number of carbonyl (C=O) groups excluding carboxylic acids is 1. The molecule has 2 N–H and O–H groups in total. The van der Waals surface area contributed by atoms with E-state index < -0.39 is 6.16 Å². The van der Waals surface area contributed by atoms with E-state index in [2.05, 4.69) is 17.7 Å². The van der Waals surface area contributed by atoms with Crippen LogP contribution in [-0.2, 0) is 16.6 Å². The summed E-state index contributed by atoms with van der Waals surface area (Å²) in [5, 5.41) is 0. The molecule has 22 heavy (non-hydrogen) atoms. The van der Waals surface area contributed by atoms with Crippen LogP contribution in [0.15, 0.2) is 18.2 Å². The van der Waals surface area contributed by atoms with Crippen LogP contribution in [0.5, 0.6) is 5.75 Å². The maximum Gasteiger partial charge on any atom is 0.513 e. The maximum atomic E-state index is 11.3. The Labute approximate surface area is 132 Å². The van der Waals surface area contributed by atoms with E-state index in [1.807, 2.05) is 12.1 Å². The summed E-state index contributed by atoms with van der Waals surface area (Å²) in [5.74, 6) is 1.10. The molecule has 3 atom stereocenters. The van der Waals surface area contributed by atoms with Gasteiger partial charge in [0.2, 0.25) is 0 Å². The molecule has 0 aliphatic heterocycles. The lowest BCUT2D eigenvalue weighted by Crippen LogP contribution is -2.52. The van der Waals surface area contributed by atoms with E-state index in [1.165, 1.54) is 43.9 Å². The monoisotopic (exact) mass is 303 g/mol. The second-order valence-corrected chi connectivity index (χ2v) is 6.88. The fraction of sp³-hybridized carbons (Fsp3) is 0.611. The fourth-order valence-electron chi connectivity index (χ4n) is 4.23. The van der Waals surface area contributed by atoms with Gasteiger partial charge in [-0.1, -0.05) is 32.3 Å². The fourth-order valence-corrected chi connectivity index (χ4v) is 4.23. The van der Waals surface area contributed by atoms with Gasteiger partial charge in [0.05, 0.1) is 7.11 Å². The van der Waals surface area contributed by atoms with E-state index >= 15 is 0 Å². The van der Waals surface area contributed by atoms with Crippen molar-refractivity contribution in [3.63, 3.8) is 0 Å². The molecule has 1 fully saturated rings. The summed E-state index contributed by atoms with van der Waals surface area (Å²) < 4.78 is 9.78. The molecule has 1 aromatic carbocycles. The number of rotatable bonds is 1. The zero-order chi connectivity index (χ0) is 15.7. The van der Waals surface area contributed by atoms with Crippen LogP contribution < -0.4 is 10.5 Å². The van der Waals surface area contributed by atoms with E-state index in [1.54, 1.807) is 0 Å². The molecule has 0 unspecified atom stereocenters. The Bertz CT molecular complexity index is 571. The molecule has 120 valence electrons. The van der Waals surface area contributed by atoms with Crippen LogP contribution in [-0.4, -0.2) is 19.3 Å². The van der Waals surface area contributed by atoms with Crippen LogP contribution in [0, 0.1) is 5.92 Å². The predicted molar refractivity (Wildman–Crippen MR) is 85.1 cm³/mol. The Morgan fingerprint density at radius 1 is 1.32 bits per heavy atom. The van der Waals surface area contributed by atoms with Gasteiger partial charge in [0, 0.05) is 11.5 Å². The Morgan fingerprint density at radius 3 is 2.91 bits per heavy atom. The number of fused-ring (bicyclic) bond motifs is 4. The molecule has 0 saturated heterocycles. The van der Waals surface area contributed by atoms with Crippen molar-refractivity contribution in [1.82, 2.24) is 0 Å². The zero-order valence-corrected chi connectivity index (χ0v) is 13.4. The van der Waals surface area contributed by atoms with E-state index in [-0.39, 0.29) is 11.5 Å². The normalized spacial score (nSPS) is 30.7. The van der Waals surface area contributed by atoms with Crippen LogP contribution in [0.2, 0.25) is 0 Å². The second-order valence-electron chi connectivity index (χ2n) is 6.88. The first kappa shape index (κ1) is 15.3. The van der Waals surface area contributed by atoms with E-state index in [0.717, 1.165) is 12.8 Å². The number of hydrogen-bond donors (Lipinski definition) is 1. The van der Waals surface area contributed by atoms with E-state index in [0.29, 0.717) is 11.7 Å². The first-order valence-electron chi connectivity index (χ1n) is 8.19. The van der Waals surface area contributed by atoms with Crippen LogP contribution in [0.25, 0.3) is 0 Å². The lowest BCUT2D eigenvalue weighted by atomic mass is 9.60. The Balaban J connectivity index is 1.99. The quantitative estimate of drug-likeness (QED) is 0.636. The standard InChI is InChI=1S/C18H25NO3/c1-18-9-5-3-4-6-13(16(18)19)10-12-7-8-14(11-15(12)18)22-17(20)21-2/h7-8,11,13,16H,3-6,9-10,19H2,1-2H3/t13-,16-,18+/m0/s1.